The number of hydrogen-bond donors (Lipinski definition) is 0. The van der Waals surface area contributed by atoms with E-state index in [-0.39, 0.29) is 11.9 Å². The standard InChI is InChI=1S/C18H21O4P/c1-3-21-23(20,22-4-2)14-16-12-8-9-13-17(16)18(19)15-10-6-5-7-11-15/h5-13H,3-4,14H2,1-2H3. The molecule has 5 heteroatoms. The fourth-order valence-corrected chi connectivity index (χ4v) is 4.09. The van der Waals surface area contributed by atoms with E-state index >= 15 is 0 Å². The molecule has 0 aliphatic heterocycles. The maximum absolute atomic E-state index is 12.7. The lowest BCUT2D eigenvalue weighted by molar-refractivity contribution is 0.103. The summed E-state index contributed by atoms with van der Waals surface area (Å²) in [5, 5.41) is 0. The Morgan fingerprint density at radius 3 is 2.09 bits per heavy atom. The van der Waals surface area contributed by atoms with E-state index in [1.807, 2.05) is 24.3 Å². The minimum atomic E-state index is -3.25. The average Bonchev–Trinajstić information content (AvgIpc) is 2.56. The summed E-state index contributed by atoms with van der Waals surface area (Å²) in [7, 11) is -3.25. The van der Waals surface area contributed by atoms with Crippen molar-refractivity contribution in [3.05, 3.63) is 71.3 Å². The minimum Gasteiger partial charge on any atom is -0.309 e. The van der Waals surface area contributed by atoms with Gasteiger partial charge in [-0.15, -0.1) is 0 Å². The first-order valence-corrected chi connectivity index (χ1v) is 9.38. The molecule has 0 aliphatic rings. The van der Waals surface area contributed by atoms with Crippen LogP contribution in [0.2, 0.25) is 0 Å². The molecule has 23 heavy (non-hydrogen) atoms. The van der Waals surface area contributed by atoms with Crippen LogP contribution in [0.4, 0.5) is 0 Å². The van der Waals surface area contributed by atoms with Crippen molar-refractivity contribution >= 4 is 13.4 Å². The van der Waals surface area contributed by atoms with Gasteiger partial charge in [-0.2, -0.15) is 0 Å². The molecule has 0 fully saturated rings. The number of carbonyl (C=O) groups excluding carboxylic acids is 1. The van der Waals surface area contributed by atoms with E-state index in [0.717, 1.165) is 0 Å². The van der Waals surface area contributed by atoms with Crippen molar-refractivity contribution in [3.63, 3.8) is 0 Å². The summed E-state index contributed by atoms with van der Waals surface area (Å²) in [6.07, 6.45) is 0.0867. The minimum absolute atomic E-state index is 0.0867. The first kappa shape index (κ1) is 17.6. The largest absolute Gasteiger partial charge is 0.335 e. The maximum atomic E-state index is 12.7. The van der Waals surface area contributed by atoms with Crippen LogP contribution in [0.25, 0.3) is 0 Å². The molecular formula is C18H21O4P. The molecule has 0 aliphatic carbocycles. The van der Waals surface area contributed by atoms with Gasteiger partial charge in [-0.1, -0.05) is 54.6 Å². The summed E-state index contributed by atoms with van der Waals surface area (Å²) in [5.74, 6) is -0.0965. The topological polar surface area (TPSA) is 52.6 Å². The summed E-state index contributed by atoms with van der Waals surface area (Å²) in [5.41, 5.74) is 1.80. The molecule has 0 atom stereocenters. The number of hydrogen-bond acceptors (Lipinski definition) is 4. The predicted molar refractivity (Wildman–Crippen MR) is 90.9 cm³/mol. The summed E-state index contributed by atoms with van der Waals surface area (Å²) < 4.78 is 23.4. The van der Waals surface area contributed by atoms with E-state index in [4.69, 9.17) is 9.05 Å². The second-order valence-electron chi connectivity index (χ2n) is 4.96. The number of ketones is 1. The molecule has 4 nitrogen and oxygen atoms in total. The lowest BCUT2D eigenvalue weighted by atomic mass is 9.99. The molecule has 2 aromatic carbocycles. The van der Waals surface area contributed by atoms with E-state index in [0.29, 0.717) is 29.9 Å². The Morgan fingerprint density at radius 2 is 1.48 bits per heavy atom. The predicted octanol–water partition coefficient (Wildman–Crippen LogP) is 4.68. The molecule has 2 rings (SSSR count). The zero-order chi connectivity index (χ0) is 16.7. The first-order valence-electron chi connectivity index (χ1n) is 7.65. The summed E-state index contributed by atoms with van der Waals surface area (Å²) in [4.78, 5) is 12.7. The van der Waals surface area contributed by atoms with Gasteiger partial charge in [-0.3, -0.25) is 9.36 Å². The lowest BCUT2D eigenvalue weighted by Crippen LogP contribution is -2.07. The highest BCUT2D eigenvalue weighted by molar-refractivity contribution is 7.53. The van der Waals surface area contributed by atoms with Gasteiger partial charge in [-0.05, 0) is 19.4 Å². The molecule has 0 bridgehead atoms. The van der Waals surface area contributed by atoms with Crippen molar-refractivity contribution in [1.82, 2.24) is 0 Å². The molecule has 0 amide bonds. The third-order valence-electron chi connectivity index (χ3n) is 3.31. The van der Waals surface area contributed by atoms with Crippen molar-refractivity contribution < 1.29 is 18.4 Å². The van der Waals surface area contributed by atoms with Crippen LogP contribution in [0.3, 0.4) is 0 Å². The second kappa shape index (κ2) is 8.21. The van der Waals surface area contributed by atoms with Crippen LogP contribution in [0.15, 0.2) is 54.6 Å². The van der Waals surface area contributed by atoms with Gasteiger partial charge in [-0.25, -0.2) is 0 Å². The first-order chi connectivity index (χ1) is 11.1. The number of carbonyl (C=O) groups is 1. The zero-order valence-corrected chi connectivity index (χ0v) is 14.3. The van der Waals surface area contributed by atoms with E-state index in [2.05, 4.69) is 0 Å². The molecule has 0 radical (unpaired) electrons. The van der Waals surface area contributed by atoms with Crippen molar-refractivity contribution in [3.8, 4) is 0 Å². The highest BCUT2D eigenvalue weighted by Gasteiger charge is 2.26. The Morgan fingerprint density at radius 1 is 0.913 bits per heavy atom. The fraction of sp³-hybridized carbons (Fsp3) is 0.278. The Hall–Kier alpha value is -1.74. The van der Waals surface area contributed by atoms with Crippen LogP contribution < -0.4 is 0 Å². The van der Waals surface area contributed by atoms with Crippen LogP contribution in [0, 0.1) is 0 Å². The summed E-state index contributed by atoms with van der Waals surface area (Å²) in [6, 6.07) is 16.2. The molecule has 0 unspecified atom stereocenters. The Bertz CT molecular complexity index is 687. The molecule has 0 saturated heterocycles. The molecule has 0 N–H and O–H groups in total. The van der Waals surface area contributed by atoms with Crippen LogP contribution in [-0.2, 0) is 19.8 Å². The number of benzene rings is 2. The SMILES string of the molecule is CCOP(=O)(Cc1ccccc1C(=O)c1ccccc1)OCC. The van der Waals surface area contributed by atoms with Crippen molar-refractivity contribution in [2.75, 3.05) is 13.2 Å². The maximum Gasteiger partial charge on any atom is 0.335 e. The van der Waals surface area contributed by atoms with Gasteiger partial charge >= 0.3 is 7.60 Å². The lowest BCUT2D eigenvalue weighted by Gasteiger charge is -2.18. The Kier molecular flexibility index (Phi) is 6.28. The summed E-state index contributed by atoms with van der Waals surface area (Å²) in [6.45, 7) is 4.14. The Balaban J connectivity index is 2.34. The van der Waals surface area contributed by atoms with E-state index < -0.39 is 7.60 Å². The van der Waals surface area contributed by atoms with Gasteiger partial charge in [0.25, 0.3) is 0 Å². The third-order valence-corrected chi connectivity index (χ3v) is 5.34. The van der Waals surface area contributed by atoms with E-state index in [1.165, 1.54) is 0 Å². The normalized spacial score (nSPS) is 11.4. The van der Waals surface area contributed by atoms with Crippen molar-refractivity contribution in [1.29, 1.82) is 0 Å². The summed E-state index contributed by atoms with van der Waals surface area (Å²) >= 11 is 0. The molecule has 0 heterocycles. The van der Waals surface area contributed by atoms with Crippen LogP contribution in [-0.4, -0.2) is 19.0 Å². The monoisotopic (exact) mass is 332 g/mol. The average molecular weight is 332 g/mol. The molecule has 0 saturated carbocycles. The van der Waals surface area contributed by atoms with Crippen LogP contribution >= 0.6 is 7.60 Å². The Labute approximate surface area is 137 Å². The van der Waals surface area contributed by atoms with E-state index in [9.17, 15) is 9.36 Å². The van der Waals surface area contributed by atoms with Crippen LogP contribution in [0.1, 0.15) is 35.3 Å². The van der Waals surface area contributed by atoms with Gasteiger partial charge in [0.2, 0.25) is 0 Å². The van der Waals surface area contributed by atoms with Crippen LogP contribution in [0.5, 0.6) is 0 Å². The van der Waals surface area contributed by atoms with Crippen molar-refractivity contribution in [2.45, 2.75) is 20.0 Å². The van der Waals surface area contributed by atoms with Crippen molar-refractivity contribution in [2.24, 2.45) is 0 Å². The van der Waals surface area contributed by atoms with Gasteiger partial charge in [0.05, 0.1) is 19.4 Å². The number of rotatable bonds is 8. The fourth-order valence-electron chi connectivity index (χ4n) is 2.36. The third kappa shape index (κ3) is 4.61. The zero-order valence-electron chi connectivity index (χ0n) is 13.4. The molecule has 0 aromatic heterocycles. The smallest absolute Gasteiger partial charge is 0.309 e. The molecule has 0 spiro atoms. The van der Waals surface area contributed by atoms with Gasteiger partial charge in [0.15, 0.2) is 5.78 Å². The highest BCUT2D eigenvalue weighted by Crippen LogP contribution is 2.51. The van der Waals surface area contributed by atoms with Gasteiger partial charge in [0, 0.05) is 11.1 Å². The molecule has 2 aromatic rings. The quantitative estimate of drug-likeness (QED) is 0.520. The van der Waals surface area contributed by atoms with Gasteiger partial charge < -0.3 is 9.05 Å². The van der Waals surface area contributed by atoms with Gasteiger partial charge in [0.1, 0.15) is 0 Å². The second-order valence-corrected chi connectivity index (χ2v) is 7.01. The molecule has 122 valence electrons. The highest BCUT2D eigenvalue weighted by atomic mass is 31.2. The molecular weight excluding hydrogens is 311 g/mol. The van der Waals surface area contributed by atoms with E-state index in [1.54, 1.807) is 44.2 Å².